The third-order valence-electron chi connectivity index (χ3n) is 3.49. The first kappa shape index (κ1) is 13.1. The Morgan fingerprint density at radius 1 is 0.650 bits per heavy atom. The summed E-state index contributed by atoms with van der Waals surface area (Å²) in [5.74, 6) is 0. The third kappa shape index (κ3) is 2.68. The SMILES string of the molecule is Cc1cc(-c2ccccc2)ccc1-c1ccc(Br)cc1. The lowest BCUT2D eigenvalue weighted by molar-refractivity contribution is 1.45. The molecule has 98 valence electrons. The van der Waals surface area contributed by atoms with Crippen LogP contribution in [0.15, 0.2) is 77.3 Å². The lowest BCUT2D eigenvalue weighted by Crippen LogP contribution is -1.85. The second-order valence-electron chi connectivity index (χ2n) is 4.90. The van der Waals surface area contributed by atoms with Gasteiger partial charge in [-0.2, -0.15) is 0 Å². The second kappa shape index (κ2) is 5.64. The largest absolute Gasteiger partial charge is 0.0622 e. The molecule has 0 saturated heterocycles. The van der Waals surface area contributed by atoms with E-state index in [1.807, 2.05) is 6.07 Å². The van der Waals surface area contributed by atoms with E-state index in [0.717, 1.165) is 4.47 Å². The van der Waals surface area contributed by atoms with Gasteiger partial charge in [0.15, 0.2) is 0 Å². The van der Waals surface area contributed by atoms with E-state index >= 15 is 0 Å². The third-order valence-corrected chi connectivity index (χ3v) is 4.02. The zero-order valence-corrected chi connectivity index (χ0v) is 12.9. The molecule has 0 bridgehead atoms. The van der Waals surface area contributed by atoms with Gasteiger partial charge in [-0.25, -0.2) is 0 Å². The van der Waals surface area contributed by atoms with Crippen LogP contribution in [0.2, 0.25) is 0 Å². The topological polar surface area (TPSA) is 0 Å². The molecular weight excluding hydrogens is 308 g/mol. The van der Waals surface area contributed by atoms with Crippen LogP contribution in [0.4, 0.5) is 0 Å². The normalized spacial score (nSPS) is 10.5. The van der Waals surface area contributed by atoms with Crippen molar-refractivity contribution in [3.8, 4) is 22.3 Å². The molecule has 0 aliphatic carbocycles. The Balaban J connectivity index is 2.02. The van der Waals surface area contributed by atoms with Crippen molar-refractivity contribution in [3.05, 3.63) is 82.8 Å². The van der Waals surface area contributed by atoms with Gasteiger partial charge in [-0.3, -0.25) is 0 Å². The fourth-order valence-corrected chi connectivity index (χ4v) is 2.69. The Morgan fingerprint density at radius 3 is 1.95 bits per heavy atom. The summed E-state index contributed by atoms with van der Waals surface area (Å²) in [7, 11) is 0. The molecule has 0 saturated carbocycles. The molecule has 3 aromatic rings. The van der Waals surface area contributed by atoms with Crippen LogP contribution in [0.1, 0.15) is 5.56 Å². The van der Waals surface area contributed by atoms with E-state index in [1.165, 1.54) is 27.8 Å². The summed E-state index contributed by atoms with van der Waals surface area (Å²) < 4.78 is 1.11. The fourth-order valence-electron chi connectivity index (χ4n) is 2.43. The second-order valence-corrected chi connectivity index (χ2v) is 5.82. The average molecular weight is 323 g/mol. The molecular formula is C19H15Br. The summed E-state index contributed by atoms with van der Waals surface area (Å²) in [5.41, 5.74) is 6.37. The van der Waals surface area contributed by atoms with E-state index in [1.54, 1.807) is 0 Å². The fraction of sp³-hybridized carbons (Fsp3) is 0.0526. The zero-order chi connectivity index (χ0) is 13.9. The van der Waals surface area contributed by atoms with Crippen molar-refractivity contribution >= 4 is 15.9 Å². The average Bonchev–Trinajstić information content (AvgIpc) is 2.49. The van der Waals surface area contributed by atoms with E-state index in [9.17, 15) is 0 Å². The van der Waals surface area contributed by atoms with Crippen molar-refractivity contribution in [2.75, 3.05) is 0 Å². The number of aryl methyl sites for hydroxylation is 1. The van der Waals surface area contributed by atoms with Crippen LogP contribution >= 0.6 is 15.9 Å². The molecule has 0 heterocycles. The van der Waals surface area contributed by atoms with E-state index in [4.69, 9.17) is 0 Å². The lowest BCUT2D eigenvalue weighted by Gasteiger charge is -2.09. The van der Waals surface area contributed by atoms with Gasteiger partial charge in [0.05, 0.1) is 0 Å². The Morgan fingerprint density at radius 2 is 1.30 bits per heavy atom. The zero-order valence-electron chi connectivity index (χ0n) is 11.3. The summed E-state index contributed by atoms with van der Waals surface area (Å²) in [6.45, 7) is 2.17. The molecule has 1 heteroatoms. The van der Waals surface area contributed by atoms with Crippen molar-refractivity contribution in [1.29, 1.82) is 0 Å². The quantitative estimate of drug-likeness (QED) is 0.535. The molecule has 0 atom stereocenters. The number of hydrogen-bond donors (Lipinski definition) is 0. The molecule has 0 aromatic heterocycles. The van der Waals surface area contributed by atoms with Gasteiger partial charge < -0.3 is 0 Å². The summed E-state index contributed by atoms with van der Waals surface area (Å²) in [6, 6.07) is 25.6. The van der Waals surface area contributed by atoms with Gasteiger partial charge in [0, 0.05) is 4.47 Å². The van der Waals surface area contributed by atoms with Crippen LogP contribution in [0, 0.1) is 6.92 Å². The standard InChI is InChI=1S/C19H15Br/c1-14-13-17(15-5-3-2-4-6-15)9-12-19(14)16-7-10-18(20)11-8-16/h2-13H,1H3. The maximum Gasteiger partial charge on any atom is 0.0175 e. The number of hydrogen-bond acceptors (Lipinski definition) is 0. The van der Waals surface area contributed by atoms with Gasteiger partial charge in [0.1, 0.15) is 0 Å². The minimum absolute atomic E-state index is 1.11. The monoisotopic (exact) mass is 322 g/mol. The first-order valence-corrected chi connectivity index (χ1v) is 7.45. The Hall–Kier alpha value is -1.86. The van der Waals surface area contributed by atoms with Crippen molar-refractivity contribution in [3.63, 3.8) is 0 Å². The highest BCUT2D eigenvalue weighted by molar-refractivity contribution is 9.10. The Bertz CT molecular complexity index is 713. The summed E-state index contributed by atoms with van der Waals surface area (Å²) >= 11 is 3.48. The maximum atomic E-state index is 3.48. The molecule has 0 radical (unpaired) electrons. The van der Waals surface area contributed by atoms with Gasteiger partial charge in [0.25, 0.3) is 0 Å². The Labute approximate surface area is 128 Å². The van der Waals surface area contributed by atoms with Crippen molar-refractivity contribution < 1.29 is 0 Å². The predicted octanol–water partition coefficient (Wildman–Crippen LogP) is 6.09. The number of rotatable bonds is 2. The summed E-state index contributed by atoms with van der Waals surface area (Å²) in [4.78, 5) is 0. The van der Waals surface area contributed by atoms with Gasteiger partial charge in [-0.05, 0) is 46.9 Å². The molecule has 20 heavy (non-hydrogen) atoms. The summed E-state index contributed by atoms with van der Waals surface area (Å²) in [6.07, 6.45) is 0. The molecule has 3 rings (SSSR count). The van der Waals surface area contributed by atoms with E-state index in [0.29, 0.717) is 0 Å². The van der Waals surface area contributed by atoms with Crippen LogP contribution in [-0.4, -0.2) is 0 Å². The van der Waals surface area contributed by atoms with E-state index in [2.05, 4.69) is 89.6 Å². The Kier molecular flexibility index (Phi) is 3.70. The minimum atomic E-state index is 1.11. The molecule has 0 unspecified atom stereocenters. The van der Waals surface area contributed by atoms with Crippen LogP contribution in [-0.2, 0) is 0 Å². The van der Waals surface area contributed by atoms with Gasteiger partial charge in [-0.15, -0.1) is 0 Å². The van der Waals surface area contributed by atoms with Crippen LogP contribution < -0.4 is 0 Å². The smallest absolute Gasteiger partial charge is 0.0175 e. The predicted molar refractivity (Wildman–Crippen MR) is 89.8 cm³/mol. The number of benzene rings is 3. The molecule has 0 nitrogen and oxygen atoms in total. The van der Waals surface area contributed by atoms with Crippen molar-refractivity contribution in [1.82, 2.24) is 0 Å². The first-order valence-electron chi connectivity index (χ1n) is 6.66. The molecule has 3 aromatic carbocycles. The highest BCUT2D eigenvalue weighted by atomic mass is 79.9. The van der Waals surface area contributed by atoms with E-state index < -0.39 is 0 Å². The van der Waals surface area contributed by atoms with Crippen LogP contribution in [0.25, 0.3) is 22.3 Å². The van der Waals surface area contributed by atoms with Crippen LogP contribution in [0.3, 0.4) is 0 Å². The molecule has 0 aliphatic heterocycles. The van der Waals surface area contributed by atoms with Crippen molar-refractivity contribution in [2.45, 2.75) is 6.92 Å². The van der Waals surface area contributed by atoms with Gasteiger partial charge in [0.2, 0.25) is 0 Å². The molecule has 0 amide bonds. The molecule has 0 fully saturated rings. The first-order chi connectivity index (χ1) is 9.74. The summed E-state index contributed by atoms with van der Waals surface area (Å²) in [5, 5.41) is 0. The van der Waals surface area contributed by atoms with Gasteiger partial charge in [-0.1, -0.05) is 76.6 Å². The van der Waals surface area contributed by atoms with Crippen LogP contribution in [0.5, 0.6) is 0 Å². The highest BCUT2D eigenvalue weighted by Gasteiger charge is 2.04. The maximum absolute atomic E-state index is 3.48. The number of halogens is 1. The minimum Gasteiger partial charge on any atom is -0.0622 e. The molecule has 0 spiro atoms. The van der Waals surface area contributed by atoms with E-state index in [-0.39, 0.29) is 0 Å². The molecule has 0 aliphatic rings. The highest BCUT2D eigenvalue weighted by Crippen LogP contribution is 2.29. The lowest BCUT2D eigenvalue weighted by atomic mass is 9.96. The van der Waals surface area contributed by atoms with Crippen molar-refractivity contribution in [2.24, 2.45) is 0 Å². The molecule has 0 N–H and O–H groups in total. The van der Waals surface area contributed by atoms with Gasteiger partial charge >= 0.3 is 0 Å².